The Kier molecular flexibility index (Phi) is 5.41. The number of hydrogen-bond donors (Lipinski definition) is 0. The zero-order valence-electron chi connectivity index (χ0n) is 17.6. The average Bonchev–Trinajstić information content (AvgIpc) is 3.28. The number of piperidine rings is 1. The minimum Gasteiger partial charge on any atom is -0.474 e. The molecule has 0 bridgehead atoms. The maximum Gasteiger partial charge on any atom is 0.319 e. The Morgan fingerprint density at radius 3 is 2.69 bits per heavy atom. The Labute approximate surface area is 184 Å². The number of carbonyl (C=O) groups is 1. The van der Waals surface area contributed by atoms with Gasteiger partial charge < -0.3 is 18.9 Å². The van der Waals surface area contributed by atoms with E-state index in [1.807, 2.05) is 47.4 Å². The zero-order chi connectivity index (χ0) is 21.9. The molecule has 1 aliphatic heterocycles. The van der Waals surface area contributed by atoms with Crippen molar-refractivity contribution in [3.05, 3.63) is 66.4 Å². The number of hydrogen-bond acceptors (Lipinski definition) is 7. The number of likely N-dealkylation sites (tertiary alicyclic amines) is 1. The number of methoxy groups -OCH3 is 1. The second-order valence-electron chi connectivity index (χ2n) is 7.60. The molecule has 0 aliphatic carbocycles. The first-order chi connectivity index (χ1) is 15.7. The molecule has 1 amide bonds. The molecule has 1 fully saturated rings. The Morgan fingerprint density at radius 2 is 1.91 bits per heavy atom. The molecule has 0 radical (unpaired) electrons. The lowest BCUT2D eigenvalue weighted by molar-refractivity contribution is 0.0586. The van der Waals surface area contributed by atoms with Crippen molar-refractivity contribution >= 4 is 16.8 Å². The van der Waals surface area contributed by atoms with E-state index in [0.29, 0.717) is 30.3 Å². The molecule has 162 valence electrons. The van der Waals surface area contributed by atoms with Gasteiger partial charge in [0.15, 0.2) is 5.76 Å². The van der Waals surface area contributed by atoms with Crippen LogP contribution in [0.1, 0.15) is 23.2 Å². The SMILES string of the molecule is COc1nccc(OC2CCN(C(=O)c3ccc4noc(-c5ccccc5)c4c3)CC2)n1. The van der Waals surface area contributed by atoms with Crippen molar-refractivity contribution in [3.8, 4) is 23.2 Å². The van der Waals surface area contributed by atoms with Crippen molar-refractivity contribution in [2.75, 3.05) is 20.2 Å². The van der Waals surface area contributed by atoms with Crippen molar-refractivity contribution in [2.45, 2.75) is 18.9 Å². The van der Waals surface area contributed by atoms with Gasteiger partial charge in [0.25, 0.3) is 5.91 Å². The number of rotatable bonds is 5. The van der Waals surface area contributed by atoms with Crippen molar-refractivity contribution in [3.63, 3.8) is 0 Å². The van der Waals surface area contributed by atoms with Crippen molar-refractivity contribution in [1.82, 2.24) is 20.0 Å². The Bertz CT molecular complexity index is 1230. The highest BCUT2D eigenvalue weighted by Crippen LogP contribution is 2.30. The van der Waals surface area contributed by atoms with Crippen LogP contribution in [-0.4, -0.2) is 52.2 Å². The average molecular weight is 430 g/mol. The number of nitrogens with zero attached hydrogens (tertiary/aromatic N) is 4. The normalized spacial score (nSPS) is 14.5. The standard InChI is InChI=1S/C24H22N4O4/c1-30-24-25-12-9-21(26-24)31-18-10-13-28(14-11-18)23(29)17-7-8-20-19(15-17)22(32-27-20)16-5-3-2-4-6-16/h2-9,12,15,18H,10-11,13-14H2,1H3. The highest BCUT2D eigenvalue weighted by atomic mass is 16.5. The van der Waals surface area contributed by atoms with Crippen molar-refractivity contribution < 1.29 is 18.8 Å². The van der Waals surface area contributed by atoms with E-state index in [2.05, 4.69) is 15.1 Å². The smallest absolute Gasteiger partial charge is 0.319 e. The van der Waals surface area contributed by atoms with Crippen molar-refractivity contribution in [1.29, 1.82) is 0 Å². The Hall–Kier alpha value is -3.94. The molecule has 4 aromatic rings. The molecule has 0 spiro atoms. The van der Waals surface area contributed by atoms with Crippen LogP contribution in [0, 0.1) is 0 Å². The van der Waals surface area contributed by atoms with Gasteiger partial charge in [-0.1, -0.05) is 35.5 Å². The second-order valence-corrected chi connectivity index (χ2v) is 7.60. The Morgan fingerprint density at radius 1 is 1.09 bits per heavy atom. The second kappa shape index (κ2) is 8.66. The fourth-order valence-corrected chi connectivity index (χ4v) is 3.89. The molecular formula is C24H22N4O4. The summed E-state index contributed by atoms with van der Waals surface area (Å²) in [6.45, 7) is 1.22. The molecule has 3 heterocycles. The van der Waals surface area contributed by atoms with Crippen LogP contribution >= 0.6 is 0 Å². The first-order valence-corrected chi connectivity index (χ1v) is 10.5. The summed E-state index contributed by atoms with van der Waals surface area (Å²) in [4.78, 5) is 23.2. The summed E-state index contributed by atoms with van der Waals surface area (Å²) < 4.78 is 16.5. The fraction of sp³-hybridized carbons (Fsp3) is 0.250. The van der Waals surface area contributed by atoms with Gasteiger partial charge in [-0.2, -0.15) is 4.98 Å². The predicted octanol–water partition coefficient (Wildman–Crippen LogP) is 3.98. The predicted molar refractivity (Wildman–Crippen MR) is 118 cm³/mol. The highest BCUT2D eigenvalue weighted by molar-refractivity contribution is 6.01. The van der Waals surface area contributed by atoms with Gasteiger partial charge in [0.1, 0.15) is 11.6 Å². The van der Waals surface area contributed by atoms with Gasteiger partial charge in [-0.25, -0.2) is 4.98 Å². The van der Waals surface area contributed by atoms with Gasteiger partial charge >= 0.3 is 6.01 Å². The molecule has 0 N–H and O–H groups in total. The quantitative estimate of drug-likeness (QED) is 0.473. The third-order valence-corrected chi connectivity index (χ3v) is 5.57. The van der Waals surface area contributed by atoms with E-state index in [1.54, 1.807) is 18.3 Å². The maximum atomic E-state index is 13.2. The van der Waals surface area contributed by atoms with E-state index in [1.165, 1.54) is 7.11 Å². The summed E-state index contributed by atoms with van der Waals surface area (Å²) >= 11 is 0. The van der Waals surface area contributed by atoms with E-state index >= 15 is 0 Å². The summed E-state index contributed by atoms with van der Waals surface area (Å²) in [6.07, 6.45) is 3.04. The maximum absolute atomic E-state index is 13.2. The summed E-state index contributed by atoms with van der Waals surface area (Å²) in [5.41, 5.74) is 2.28. The van der Waals surface area contributed by atoms with E-state index in [9.17, 15) is 4.79 Å². The third kappa shape index (κ3) is 3.99. The van der Waals surface area contributed by atoms with Crippen molar-refractivity contribution in [2.24, 2.45) is 0 Å². The van der Waals surface area contributed by atoms with Crippen LogP contribution in [-0.2, 0) is 0 Å². The fourth-order valence-electron chi connectivity index (χ4n) is 3.89. The zero-order valence-corrected chi connectivity index (χ0v) is 17.6. The van der Waals surface area contributed by atoms with Crippen LogP contribution < -0.4 is 9.47 Å². The van der Waals surface area contributed by atoms with Crippen LogP contribution in [0.15, 0.2) is 65.3 Å². The molecular weight excluding hydrogens is 408 g/mol. The summed E-state index contributed by atoms with van der Waals surface area (Å²) in [6, 6.07) is 17.3. The molecule has 1 aliphatic rings. The topological polar surface area (TPSA) is 90.6 Å². The largest absolute Gasteiger partial charge is 0.474 e. The number of amides is 1. The van der Waals surface area contributed by atoms with E-state index in [4.69, 9.17) is 14.0 Å². The summed E-state index contributed by atoms with van der Waals surface area (Å²) in [5.74, 6) is 1.14. The molecule has 2 aromatic carbocycles. The highest BCUT2D eigenvalue weighted by Gasteiger charge is 2.26. The minimum atomic E-state index is -0.0103. The molecule has 1 saturated heterocycles. The van der Waals surface area contributed by atoms with Crippen LogP contribution in [0.25, 0.3) is 22.2 Å². The van der Waals surface area contributed by atoms with Gasteiger partial charge in [-0.05, 0) is 18.2 Å². The molecule has 8 nitrogen and oxygen atoms in total. The van der Waals surface area contributed by atoms with E-state index in [0.717, 1.165) is 29.3 Å². The first-order valence-electron chi connectivity index (χ1n) is 10.5. The minimum absolute atomic E-state index is 0.00531. The van der Waals surface area contributed by atoms with Gasteiger partial charge in [0.05, 0.1) is 12.5 Å². The monoisotopic (exact) mass is 430 g/mol. The molecule has 0 saturated carbocycles. The lowest BCUT2D eigenvalue weighted by Crippen LogP contribution is -2.41. The number of fused-ring (bicyclic) bond motifs is 1. The lowest BCUT2D eigenvalue weighted by atomic mass is 10.0. The third-order valence-electron chi connectivity index (χ3n) is 5.57. The molecule has 0 atom stereocenters. The number of ether oxygens (including phenoxy) is 2. The lowest BCUT2D eigenvalue weighted by Gasteiger charge is -2.32. The molecule has 2 aromatic heterocycles. The molecule has 32 heavy (non-hydrogen) atoms. The molecule has 5 rings (SSSR count). The Balaban J connectivity index is 1.28. The number of aromatic nitrogens is 3. The van der Waals surface area contributed by atoms with Crippen LogP contribution in [0.4, 0.5) is 0 Å². The van der Waals surface area contributed by atoms with Crippen LogP contribution in [0.2, 0.25) is 0 Å². The molecule has 0 unspecified atom stereocenters. The van der Waals surface area contributed by atoms with Gasteiger partial charge in [0, 0.05) is 49.3 Å². The van der Waals surface area contributed by atoms with Gasteiger partial charge in [0.2, 0.25) is 5.88 Å². The van der Waals surface area contributed by atoms with Gasteiger partial charge in [-0.15, -0.1) is 0 Å². The first kappa shape index (κ1) is 20.0. The van der Waals surface area contributed by atoms with E-state index in [-0.39, 0.29) is 18.0 Å². The number of carbonyl (C=O) groups excluding carboxylic acids is 1. The summed E-state index contributed by atoms with van der Waals surface area (Å²) in [5, 5.41) is 4.97. The van der Waals surface area contributed by atoms with Crippen LogP contribution in [0.5, 0.6) is 11.9 Å². The summed E-state index contributed by atoms with van der Waals surface area (Å²) in [7, 11) is 1.52. The van der Waals surface area contributed by atoms with E-state index < -0.39 is 0 Å². The van der Waals surface area contributed by atoms with Crippen LogP contribution in [0.3, 0.4) is 0 Å². The van der Waals surface area contributed by atoms with Gasteiger partial charge in [-0.3, -0.25) is 4.79 Å². The molecule has 8 heteroatoms. The number of benzene rings is 2.